The molecule has 1 aromatic carbocycles. The topological polar surface area (TPSA) is 124 Å². The van der Waals surface area contributed by atoms with E-state index in [2.05, 4.69) is 0 Å². The Morgan fingerprint density at radius 3 is 2.33 bits per heavy atom. The van der Waals surface area contributed by atoms with Crippen LogP contribution in [0, 0.1) is 0 Å². The Bertz CT molecular complexity index is 582. The van der Waals surface area contributed by atoms with Crippen LogP contribution in [-0.4, -0.2) is 57.3 Å². The lowest BCUT2D eigenvalue weighted by molar-refractivity contribution is -0.168. The monoisotopic (exact) mass is 295 g/mol. The van der Waals surface area contributed by atoms with E-state index in [-0.39, 0.29) is 25.4 Å². The van der Waals surface area contributed by atoms with Gasteiger partial charge in [0.25, 0.3) is 11.8 Å². The molecule has 8 heteroatoms. The average molecular weight is 295 g/mol. The Labute approximate surface area is 119 Å². The molecule has 0 radical (unpaired) electrons. The van der Waals surface area contributed by atoms with Gasteiger partial charge in [0.15, 0.2) is 11.5 Å². The minimum absolute atomic E-state index is 0.180. The normalized spacial score (nSPS) is 16.9. The molecule has 0 aromatic heterocycles. The van der Waals surface area contributed by atoms with Crippen molar-refractivity contribution in [3.05, 3.63) is 23.8 Å². The molecule has 2 amide bonds. The molecule has 2 rings (SSSR count). The van der Waals surface area contributed by atoms with Crippen molar-refractivity contribution in [2.75, 3.05) is 13.2 Å². The summed E-state index contributed by atoms with van der Waals surface area (Å²) >= 11 is 0. The van der Waals surface area contributed by atoms with Gasteiger partial charge in [-0.25, -0.2) is 4.79 Å². The Morgan fingerprint density at radius 2 is 1.81 bits per heavy atom. The summed E-state index contributed by atoms with van der Waals surface area (Å²) in [5, 5.41) is 27.9. The second-order valence-corrected chi connectivity index (χ2v) is 4.53. The Morgan fingerprint density at radius 1 is 1.19 bits per heavy atom. The van der Waals surface area contributed by atoms with Crippen LogP contribution in [0.5, 0.6) is 11.5 Å². The quantitative estimate of drug-likeness (QED) is 0.504. The first-order valence-electron chi connectivity index (χ1n) is 6.06. The smallest absolute Gasteiger partial charge is 0.327 e. The predicted molar refractivity (Wildman–Crippen MR) is 67.6 cm³/mol. The van der Waals surface area contributed by atoms with Gasteiger partial charge in [-0.2, -0.15) is 0 Å². The highest BCUT2D eigenvalue weighted by Crippen LogP contribution is 2.26. The molecule has 1 aliphatic heterocycles. The summed E-state index contributed by atoms with van der Waals surface area (Å²) in [5.41, 5.74) is 0.366. The van der Waals surface area contributed by atoms with E-state index in [9.17, 15) is 29.7 Å². The average Bonchev–Trinajstić information content (AvgIpc) is 2.41. The zero-order valence-corrected chi connectivity index (χ0v) is 10.9. The molecule has 0 bridgehead atoms. The number of carbonyl (C=O) groups is 3. The summed E-state index contributed by atoms with van der Waals surface area (Å²) in [4.78, 5) is 35.4. The van der Waals surface area contributed by atoms with E-state index in [1.54, 1.807) is 0 Å². The van der Waals surface area contributed by atoms with Gasteiger partial charge >= 0.3 is 5.97 Å². The molecular weight excluding hydrogens is 282 g/mol. The molecule has 3 N–H and O–H groups in total. The highest BCUT2D eigenvalue weighted by molar-refractivity contribution is 6.01. The fourth-order valence-electron chi connectivity index (χ4n) is 2.06. The van der Waals surface area contributed by atoms with Crippen LogP contribution in [0.4, 0.5) is 0 Å². The van der Waals surface area contributed by atoms with Crippen LogP contribution >= 0.6 is 0 Å². The van der Waals surface area contributed by atoms with Gasteiger partial charge in [-0.15, -0.1) is 0 Å². The zero-order chi connectivity index (χ0) is 15.6. The van der Waals surface area contributed by atoms with Crippen LogP contribution in [-0.2, 0) is 25.5 Å². The fourth-order valence-corrected chi connectivity index (χ4v) is 2.06. The Hall–Kier alpha value is -2.61. The molecule has 1 atom stereocenters. The number of phenols is 2. The number of rotatable bonds is 4. The molecule has 1 aliphatic rings. The van der Waals surface area contributed by atoms with Gasteiger partial charge in [0.1, 0.15) is 19.3 Å². The molecule has 1 fully saturated rings. The van der Waals surface area contributed by atoms with Gasteiger partial charge in [-0.05, 0) is 17.7 Å². The third kappa shape index (κ3) is 3.11. The van der Waals surface area contributed by atoms with Crippen LogP contribution in [0.1, 0.15) is 5.56 Å². The minimum Gasteiger partial charge on any atom is -0.504 e. The number of carboxylic acid groups (broad SMARTS) is 1. The van der Waals surface area contributed by atoms with Crippen molar-refractivity contribution < 1.29 is 34.4 Å². The van der Waals surface area contributed by atoms with Crippen LogP contribution in [0.15, 0.2) is 18.2 Å². The Kier molecular flexibility index (Phi) is 4.08. The van der Waals surface area contributed by atoms with Gasteiger partial charge < -0.3 is 20.1 Å². The van der Waals surface area contributed by atoms with Gasteiger partial charge in [-0.3, -0.25) is 14.5 Å². The lowest BCUT2D eigenvalue weighted by Gasteiger charge is -2.30. The van der Waals surface area contributed by atoms with Crippen molar-refractivity contribution in [1.82, 2.24) is 4.90 Å². The predicted octanol–water partition coefficient (Wildman–Crippen LogP) is -0.521. The van der Waals surface area contributed by atoms with Gasteiger partial charge in [0, 0.05) is 6.42 Å². The SMILES string of the molecule is O=C(O)C(Cc1ccc(O)c(O)c1)N1C(=O)COCC1=O. The molecule has 1 unspecified atom stereocenters. The first-order chi connectivity index (χ1) is 9.90. The summed E-state index contributed by atoms with van der Waals surface area (Å²) in [7, 11) is 0. The number of benzene rings is 1. The third-order valence-corrected chi connectivity index (χ3v) is 3.05. The van der Waals surface area contributed by atoms with Crippen molar-refractivity contribution in [2.24, 2.45) is 0 Å². The molecule has 1 heterocycles. The maximum Gasteiger partial charge on any atom is 0.327 e. The van der Waals surface area contributed by atoms with Crippen molar-refractivity contribution in [3.8, 4) is 11.5 Å². The minimum atomic E-state index is -1.39. The number of ether oxygens (including phenoxy) is 1. The van der Waals surface area contributed by atoms with Crippen molar-refractivity contribution in [1.29, 1.82) is 0 Å². The highest BCUT2D eigenvalue weighted by Gasteiger charge is 2.37. The van der Waals surface area contributed by atoms with E-state index in [4.69, 9.17) is 4.74 Å². The fraction of sp³-hybridized carbons (Fsp3) is 0.308. The second-order valence-electron chi connectivity index (χ2n) is 4.53. The lowest BCUT2D eigenvalue weighted by Crippen LogP contribution is -2.55. The van der Waals surface area contributed by atoms with Crippen molar-refractivity contribution in [3.63, 3.8) is 0 Å². The number of aliphatic carboxylic acids is 1. The van der Waals surface area contributed by atoms with Crippen molar-refractivity contribution in [2.45, 2.75) is 12.5 Å². The van der Waals surface area contributed by atoms with E-state index >= 15 is 0 Å². The van der Waals surface area contributed by atoms with Crippen LogP contribution in [0.3, 0.4) is 0 Å². The number of carboxylic acids is 1. The molecule has 112 valence electrons. The van der Waals surface area contributed by atoms with Crippen LogP contribution < -0.4 is 0 Å². The second kappa shape index (κ2) is 5.80. The molecule has 0 spiro atoms. The van der Waals surface area contributed by atoms with Crippen LogP contribution in [0.2, 0.25) is 0 Å². The molecule has 1 aromatic rings. The van der Waals surface area contributed by atoms with E-state index in [1.807, 2.05) is 0 Å². The van der Waals surface area contributed by atoms with E-state index in [0.717, 1.165) is 0 Å². The van der Waals surface area contributed by atoms with Gasteiger partial charge in [-0.1, -0.05) is 6.07 Å². The number of imide groups is 1. The number of nitrogens with zero attached hydrogens (tertiary/aromatic N) is 1. The highest BCUT2D eigenvalue weighted by atomic mass is 16.5. The number of hydrogen-bond acceptors (Lipinski definition) is 6. The molecule has 0 aliphatic carbocycles. The number of aromatic hydroxyl groups is 2. The zero-order valence-electron chi connectivity index (χ0n) is 10.9. The number of carbonyl (C=O) groups excluding carboxylic acids is 2. The Balaban J connectivity index is 2.26. The third-order valence-electron chi connectivity index (χ3n) is 3.05. The molecular formula is C13H13NO7. The molecule has 0 saturated carbocycles. The van der Waals surface area contributed by atoms with E-state index in [1.165, 1.54) is 18.2 Å². The number of phenolic OH excluding ortho intramolecular Hbond substituents is 2. The first-order valence-corrected chi connectivity index (χ1v) is 6.06. The largest absolute Gasteiger partial charge is 0.504 e. The molecule has 1 saturated heterocycles. The summed E-state index contributed by atoms with van der Waals surface area (Å²) in [6.45, 7) is -0.702. The lowest BCUT2D eigenvalue weighted by atomic mass is 10.0. The van der Waals surface area contributed by atoms with E-state index in [0.29, 0.717) is 10.5 Å². The number of amides is 2. The summed E-state index contributed by atoms with van der Waals surface area (Å²) in [6, 6.07) is 2.39. The summed E-state index contributed by atoms with van der Waals surface area (Å²) in [5.74, 6) is -3.53. The first kappa shape index (κ1) is 14.8. The van der Waals surface area contributed by atoms with Crippen molar-refractivity contribution >= 4 is 17.8 Å². The number of hydrogen-bond donors (Lipinski definition) is 3. The summed E-state index contributed by atoms with van der Waals surface area (Å²) < 4.78 is 4.73. The molecule has 21 heavy (non-hydrogen) atoms. The van der Waals surface area contributed by atoms with Crippen LogP contribution in [0.25, 0.3) is 0 Å². The standard InChI is InChI=1S/C13H13NO7/c15-9-2-1-7(4-10(9)16)3-8(13(19)20)14-11(17)5-21-6-12(14)18/h1-2,4,8,15-16H,3,5-6H2,(H,19,20). The van der Waals surface area contributed by atoms with Gasteiger partial charge in [0.05, 0.1) is 0 Å². The van der Waals surface area contributed by atoms with Gasteiger partial charge in [0.2, 0.25) is 0 Å². The van der Waals surface area contributed by atoms with E-state index < -0.39 is 29.6 Å². The molecule has 8 nitrogen and oxygen atoms in total. The number of morpholine rings is 1. The summed E-state index contributed by atoms with van der Waals surface area (Å²) in [6.07, 6.45) is -0.180. The maximum atomic E-state index is 11.7. The maximum absolute atomic E-state index is 11.7.